The van der Waals surface area contributed by atoms with Crippen LogP contribution in [-0.4, -0.2) is 42.6 Å². The summed E-state index contributed by atoms with van der Waals surface area (Å²) in [6.07, 6.45) is 3.09. The molecule has 1 aromatic rings. The Labute approximate surface area is 108 Å². The lowest BCUT2D eigenvalue weighted by molar-refractivity contribution is 0.258. The summed E-state index contributed by atoms with van der Waals surface area (Å²) in [5.41, 5.74) is 1.15. The minimum Gasteiger partial charge on any atom is -0.354 e. The molecule has 3 nitrogen and oxygen atoms in total. The van der Waals surface area contributed by atoms with Gasteiger partial charge in [0.25, 0.3) is 0 Å². The number of hydrogen-bond donors (Lipinski definition) is 0. The molecule has 2 heterocycles. The van der Waals surface area contributed by atoms with Gasteiger partial charge < -0.3 is 4.90 Å². The topological polar surface area (TPSA) is 19.4 Å². The van der Waals surface area contributed by atoms with Crippen LogP contribution in [-0.2, 0) is 5.88 Å². The van der Waals surface area contributed by atoms with E-state index in [2.05, 4.69) is 27.8 Å². The monoisotopic (exact) mass is 253 g/mol. The van der Waals surface area contributed by atoms with Crippen LogP contribution in [0.2, 0.25) is 0 Å². The molecule has 1 aliphatic heterocycles. The van der Waals surface area contributed by atoms with E-state index < -0.39 is 0 Å². The number of rotatable bonds is 4. The molecule has 1 saturated heterocycles. The second kappa shape index (κ2) is 6.22. The molecule has 1 fully saturated rings. The normalized spacial score (nSPS) is 17.4. The third-order valence-corrected chi connectivity index (χ3v) is 3.51. The lowest BCUT2D eigenvalue weighted by Gasteiger charge is -2.35. The van der Waals surface area contributed by atoms with Crippen molar-refractivity contribution in [3.05, 3.63) is 23.9 Å². The van der Waals surface area contributed by atoms with Crippen LogP contribution in [0.25, 0.3) is 0 Å². The number of anilines is 1. The average molecular weight is 254 g/mol. The molecule has 94 valence electrons. The molecular formula is C13H20ClN3. The molecule has 0 atom stereocenters. The maximum absolute atomic E-state index is 5.85. The Balaban J connectivity index is 1.95. The smallest absolute Gasteiger partial charge is 0.128 e. The fraction of sp³-hybridized carbons (Fsp3) is 0.615. The molecule has 0 spiro atoms. The predicted octanol–water partition coefficient (Wildman–Crippen LogP) is 2.35. The van der Waals surface area contributed by atoms with Crippen molar-refractivity contribution in [3.8, 4) is 0 Å². The van der Waals surface area contributed by atoms with Gasteiger partial charge in [-0.1, -0.05) is 6.92 Å². The number of piperazine rings is 1. The largest absolute Gasteiger partial charge is 0.354 e. The maximum atomic E-state index is 5.85. The van der Waals surface area contributed by atoms with E-state index in [1.54, 1.807) is 0 Å². The molecule has 0 aromatic carbocycles. The van der Waals surface area contributed by atoms with Gasteiger partial charge in [0.05, 0.1) is 0 Å². The van der Waals surface area contributed by atoms with Crippen LogP contribution in [0.1, 0.15) is 18.9 Å². The molecule has 0 amide bonds. The van der Waals surface area contributed by atoms with E-state index in [9.17, 15) is 0 Å². The van der Waals surface area contributed by atoms with Gasteiger partial charge in [0, 0.05) is 38.3 Å². The van der Waals surface area contributed by atoms with Crippen molar-refractivity contribution in [2.24, 2.45) is 0 Å². The standard InChI is InChI=1S/C13H20ClN3/c1-2-5-16-6-8-17(9-7-16)13-10-12(11-14)3-4-15-13/h3-4,10H,2,5-9,11H2,1H3. The van der Waals surface area contributed by atoms with Crippen molar-refractivity contribution >= 4 is 17.4 Å². The minimum absolute atomic E-state index is 0.561. The van der Waals surface area contributed by atoms with Gasteiger partial charge in [0.2, 0.25) is 0 Å². The first kappa shape index (κ1) is 12.7. The van der Waals surface area contributed by atoms with E-state index in [0.717, 1.165) is 37.6 Å². The third-order valence-electron chi connectivity index (χ3n) is 3.20. The van der Waals surface area contributed by atoms with Gasteiger partial charge >= 0.3 is 0 Å². The average Bonchev–Trinajstić information content (AvgIpc) is 2.40. The van der Waals surface area contributed by atoms with E-state index in [0.29, 0.717) is 5.88 Å². The Kier molecular flexibility index (Phi) is 4.63. The summed E-state index contributed by atoms with van der Waals surface area (Å²) >= 11 is 5.85. The molecule has 0 N–H and O–H groups in total. The molecular weight excluding hydrogens is 234 g/mol. The zero-order valence-corrected chi connectivity index (χ0v) is 11.2. The van der Waals surface area contributed by atoms with Gasteiger partial charge in [-0.05, 0) is 30.7 Å². The highest BCUT2D eigenvalue weighted by Crippen LogP contribution is 2.16. The fourth-order valence-corrected chi connectivity index (χ4v) is 2.40. The van der Waals surface area contributed by atoms with E-state index in [1.807, 2.05) is 12.3 Å². The first-order valence-corrected chi connectivity index (χ1v) is 6.85. The number of aromatic nitrogens is 1. The summed E-state index contributed by atoms with van der Waals surface area (Å²) < 4.78 is 0. The zero-order valence-electron chi connectivity index (χ0n) is 10.4. The molecule has 2 rings (SSSR count). The van der Waals surface area contributed by atoms with Crippen molar-refractivity contribution in [2.45, 2.75) is 19.2 Å². The molecule has 0 radical (unpaired) electrons. The van der Waals surface area contributed by atoms with Crippen LogP contribution in [0.15, 0.2) is 18.3 Å². The number of hydrogen-bond acceptors (Lipinski definition) is 3. The first-order chi connectivity index (χ1) is 8.33. The summed E-state index contributed by atoms with van der Waals surface area (Å²) in [4.78, 5) is 9.30. The van der Waals surface area contributed by atoms with E-state index in [1.165, 1.54) is 13.0 Å². The Hall–Kier alpha value is -0.800. The van der Waals surface area contributed by atoms with Crippen LogP contribution in [0.5, 0.6) is 0 Å². The van der Waals surface area contributed by atoms with Crippen LogP contribution in [0.4, 0.5) is 5.82 Å². The first-order valence-electron chi connectivity index (χ1n) is 6.31. The molecule has 17 heavy (non-hydrogen) atoms. The number of alkyl halides is 1. The second-order valence-corrected chi connectivity index (χ2v) is 4.75. The van der Waals surface area contributed by atoms with Crippen LogP contribution in [0.3, 0.4) is 0 Å². The van der Waals surface area contributed by atoms with Gasteiger partial charge in [-0.2, -0.15) is 0 Å². The summed E-state index contributed by atoms with van der Waals surface area (Å²) in [6, 6.07) is 4.08. The van der Waals surface area contributed by atoms with E-state index in [4.69, 9.17) is 11.6 Å². The summed E-state index contributed by atoms with van der Waals surface area (Å²) in [6.45, 7) is 7.86. The van der Waals surface area contributed by atoms with Gasteiger partial charge in [-0.3, -0.25) is 4.90 Å². The lowest BCUT2D eigenvalue weighted by Crippen LogP contribution is -2.46. The second-order valence-electron chi connectivity index (χ2n) is 4.48. The Bertz CT molecular complexity index is 348. The van der Waals surface area contributed by atoms with Crippen LogP contribution < -0.4 is 4.90 Å². The van der Waals surface area contributed by atoms with E-state index in [-0.39, 0.29) is 0 Å². The van der Waals surface area contributed by atoms with Crippen molar-refractivity contribution in [3.63, 3.8) is 0 Å². The number of pyridine rings is 1. The van der Waals surface area contributed by atoms with Gasteiger partial charge in [-0.15, -0.1) is 11.6 Å². The van der Waals surface area contributed by atoms with Crippen LogP contribution >= 0.6 is 11.6 Å². The molecule has 1 aliphatic rings. The molecule has 1 aromatic heterocycles. The number of halogens is 1. The molecule has 0 saturated carbocycles. The highest BCUT2D eigenvalue weighted by Gasteiger charge is 2.17. The molecule has 0 unspecified atom stereocenters. The Morgan fingerprint density at radius 3 is 2.71 bits per heavy atom. The molecule has 4 heteroatoms. The summed E-state index contributed by atoms with van der Waals surface area (Å²) in [5.74, 6) is 1.63. The Morgan fingerprint density at radius 2 is 2.06 bits per heavy atom. The maximum Gasteiger partial charge on any atom is 0.128 e. The summed E-state index contributed by atoms with van der Waals surface area (Å²) in [5, 5.41) is 0. The zero-order chi connectivity index (χ0) is 12.1. The van der Waals surface area contributed by atoms with Crippen molar-refractivity contribution in [1.82, 2.24) is 9.88 Å². The van der Waals surface area contributed by atoms with Crippen molar-refractivity contribution < 1.29 is 0 Å². The molecule has 0 aliphatic carbocycles. The van der Waals surface area contributed by atoms with Crippen molar-refractivity contribution in [2.75, 3.05) is 37.6 Å². The van der Waals surface area contributed by atoms with Gasteiger partial charge in [-0.25, -0.2) is 4.98 Å². The predicted molar refractivity (Wildman–Crippen MR) is 72.7 cm³/mol. The van der Waals surface area contributed by atoms with Gasteiger partial charge in [0.15, 0.2) is 0 Å². The summed E-state index contributed by atoms with van der Waals surface area (Å²) in [7, 11) is 0. The number of nitrogens with zero attached hydrogens (tertiary/aromatic N) is 3. The van der Waals surface area contributed by atoms with Gasteiger partial charge in [0.1, 0.15) is 5.82 Å². The Morgan fingerprint density at radius 1 is 1.29 bits per heavy atom. The van der Waals surface area contributed by atoms with Crippen LogP contribution in [0, 0.1) is 0 Å². The highest BCUT2D eigenvalue weighted by molar-refractivity contribution is 6.17. The lowest BCUT2D eigenvalue weighted by atomic mass is 10.2. The van der Waals surface area contributed by atoms with Crippen molar-refractivity contribution in [1.29, 1.82) is 0 Å². The minimum atomic E-state index is 0.561. The van der Waals surface area contributed by atoms with E-state index >= 15 is 0 Å². The molecule has 0 bridgehead atoms. The quantitative estimate of drug-likeness (QED) is 0.768. The SMILES string of the molecule is CCCN1CCN(c2cc(CCl)ccn2)CC1. The fourth-order valence-electron chi connectivity index (χ4n) is 2.23. The highest BCUT2D eigenvalue weighted by atomic mass is 35.5. The third kappa shape index (κ3) is 3.33.